The Bertz CT molecular complexity index is 769. The van der Waals surface area contributed by atoms with Gasteiger partial charge in [0.25, 0.3) is 0 Å². The monoisotopic (exact) mass is 517 g/mol. The highest BCUT2D eigenvalue weighted by atomic mass is 19.4. The zero-order valence-corrected chi connectivity index (χ0v) is 22.5. The lowest BCUT2D eigenvalue weighted by molar-refractivity contribution is -0.156. The van der Waals surface area contributed by atoms with Gasteiger partial charge in [-0.15, -0.1) is 0 Å². The summed E-state index contributed by atoms with van der Waals surface area (Å²) in [6, 6.07) is 1.08. The number of nitrogens with one attached hydrogen (secondary N) is 1. The Hall–Kier alpha value is -1.13. The first kappa shape index (κ1) is 29.4. The number of nitrogens with zero attached hydrogens (tertiary/aromatic N) is 2. The van der Waals surface area contributed by atoms with Gasteiger partial charge in [0.2, 0.25) is 0 Å². The van der Waals surface area contributed by atoms with Crippen LogP contribution in [0, 0.1) is 11.8 Å². The van der Waals surface area contributed by atoms with Crippen LogP contribution < -0.4 is 5.32 Å². The fraction of sp³-hybridized carbons (Fsp3) is 0.852. The van der Waals surface area contributed by atoms with E-state index in [1.807, 2.05) is 6.92 Å². The van der Waals surface area contributed by atoms with Crippen molar-refractivity contribution in [3.63, 3.8) is 0 Å². The highest BCUT2D eigenvalue weighted by Gasteiger charge is 2.39. The minimum Gasteiger partial charge on any atom is -0.388 e. The molecule has 0 aromatic rings. The minimum absolute atomic E-state index is 0.0225. The summed E-state index contributed by atoms with van der Waals surface area (Å²) >= 11 is 0. The summed E-state index contributed by atoms with van der Waals surface area (Å²) in [7, 11) is 2.06. The van der Waals surface area contributed by atoms with Crippen molar-refractivity contribution in [1.29, 1.82) is 0 Å². The lowest BCUT2D eigenvalue weighted by Gasteiger charge is -2.44. The molecule has 6 unspecified atom stereocenters. The summed E-state index contributed by atoms with van der Waals surface area (Å²) in [5.41, 5.74) is 2.38. The number of halogens is 3. The number of alkyl halides is 3. The molecule has 36 heavy (non-hydrogen) atoms. The Balaban J connectivity index is 1.50. The zero-order chi connectivity index (χ0) is 26.6. The van der Waals surface area contributed by atoms with Gasteiger partial charge in [-0.2, -0.15) is 13.2 Å². The fourth-order valence-electron chi connectivity index (χ4n) is 6.33. The molecule has 0 spiro atoms. The van der Waals surface area contributed by atoms with Crippen molar-refractivity contribution in [2.75, 3.05) is 26.7 Å². The van der Waals surface area contributed by atoms with Gasteiger partial charge in [-0.05, 0) is 79.2 Å². The molecule has 2 aliphatic heterocycles. The molecule has 9 heteroatoms. The molecule has 6 nitrogen and oxygen atoms in total. The van der Waals surface area contributed by atoms with Gasteiger partial charge in [-0.1, -0.05) is 17.7 Å². The van der Waals surface area contributed by atoms with Crippen LogP contribution in [0.15, 0.2) is 23.4 Å². The Morgan fingerprint density at radius 3 is 2.56 bits per heavy atom. The van der Waals surface area contributed by atoms with E-state index in [0.29, 0.717) is 37.0 Å². The van der Waals surface area contributed by atoms with Crippen molar-refractivity contribution in [1.82, 2.24) is 15.1 Å². The van der Waals surface area contributed by atoms with Crippen LogP contribution in [0.2, 0.25) is 0 Å². The summed E-state index contributed by atoms with van der Waals surface area (Å²) in [4.78, 5) is 4.70. The first-order chi connectivity index (χ1) is 16.9. The number of aliphatic hydroxyl groups is 2. The number of allylic oxidation sites excluding steroid dienone is 2. The molecule has 1 saturated heterocycles. The number of rotatable bonds is 10. The van der Waals surface area contributed by atoms with Crippen LogP contribution in [0.4, 0.5) is 13.2 Å². The van der Waals surface area contributed by atoms with Crippen LogP contribution in [0.3, 0.4) is 0 Å². The molecular weight excluding hydrogens is 471 g/mol. The standard InChI is InChI=1S/C27H46F3N3O3/c1-6-23-21(9-10-31-27(28,29)30)12-17(2)11-19(4)33(23)18(3)7-8-20-13-22(14-20)32(5)15-25-26(35)24(34)16-36-25/h6,12,18-22,24-26,31,34-35H,7-11,13-16H2,1-5H3. The average Bonchev–Trinajstić information content (AvgIpc) is 2.99. The second-order valence-corrected chi connectivity index (χ2v) is 11.3. The fourth-order valence-corrected chi connectivity index (χ4v) is 6.33. The van der Waals surface area contributed by atoms with Crippen LogP contribution in [0.25, 0.3) is 0 Å². The second-order valence-electron chi connectivity index (χ2n) is 11.3. The van der Waals surface area contributed by atoms with E-state index in [9.17, 15) is 23.4 Å². The second kappa shape index (κ2) is 12.6. The molecule has 0 aromatic carbocycles. The Labute approximate surface area is 214 Å². The third-order valence-electron chi connectivity index (χ3n) is 8.36. The molecule has 208 valence electrons. The van der Waals surface area contributed by atoms with Crippen molar-refractivity contribution in [2.24, 2.45) is 11.8 Å². The van der Waals surface area contributed by atoms with Crippen molar-refractivity contribution < 1.29 is 28.1 Å². The maximum Gasteiger partial charge on any atom is 0.457 e. The molecule has 1 saturated carbocycles. The molecule has 1 aliphatic carbocycles. The zero-order valence-electron chi connectivity index (χ0n) is 22.5. The lowest BCUT2D eigenvalue weighted by atomic mass is 9.76. The van der Waals surface area contributed by atoms with Gasteiger partial charge in [-0.3, -0.25) is 0 Å². The molecule has 3 rings (SSSR count). The van der Waals surface area contributed by atoms with E-state index in [1.165, 1.54) is 5.57 Å². The van der Waals surface area contributed by atoms with E-state index < -0.39 is 18.5 Å². The van der Waals surface area contributed by atoms with Crippen LogP contribution >= 0.6 is 0 Å². The summed E-state index contributed by atoms with van der Waals surface area (Å²) in [6.45, 7) is 9.28. The number of ether oxygens (including phenoxy) is 1. The van der Waals surface area contributed by atoms with Gasteiger partial charge in [0, 0.05) is 42.8 Å². The van der Waals surface area contributed by atoms with Crippen LogP contribution in [-0.4, -0.2) is 89.5 Å². The average molecular weight is 518 g/mol. The molecular formula is C27H46F3N3O3. The van der Waals surface area contributed by atoms with Crippen LogP contribution in [-0.2, 0) is 4.74 Å². The molecule has 0 amide bonds. The van der Waals surface area contributed by atoms with E-state index in [4.69, 9.17) is 4.74 Å². The smallest absolute Gasteiger partial charge is 0.388 e. The predicted molar refractivity (Wildman–Crippen MR) is 135 cm³/mol. The molecule has 0 aromatic heterocycles. The van der Waals surface area contributed by atoms with E-state index >= 15 is 0 Å². The van der Waals surface area contributed by atoms with E-state index in [-0.39, 0.29) is 25.2 Å². The topological polar surface area (TPSA) is 68.2 Å². The maximum absolute atomic E-state index is 12.7. The van der Waals surface area contributed by atoms with Crippen molar-refractivity contribution >= 4 is 0 Å². The largest absolute Gasteiger partial charge is 0.457 e. The third kappa shape index (κ3) is 7.69. The third-order valence-corrected chi connectivity index (χ3v) is 8.36. The van der Waals surface area contributed by atoms with Gasteiger partial charge < -0.3 is 24.7 Å². The van der Waals surface area contributed by atoms with Crippen LogP contribution in [0.5, 0.6) is 0 Å². The summed E-state index contributed by atoms with van der Waals surface area (Å²) in [5, 5.41) is 21.4. The van der Waals surface area contributed by atoms with Gasteiger partial charge in [0.05, 0.1) is 12.7 Å². The quantitative estimate of drug-likeness (QED) is 0.300. The number of hydrogen-bond acceptors (Lipinski definition) is 6. The summed E-state index contributed by atoms with van der Waals surface area (Å²) in [5.74, 6) is 0.633. The highest BCUT2D eigenvalue weighted by Crippen LogP contribution is 2.38. The first-order valence-electron chi connectivity index (χ1n) is 13.5. The predicted octanol–water partition coefficient (Wildman–Crippen LogP) is 4.05. The maximum atomic E-state index is 12.7. The summed E-state index contributed by atoms with van der Waals surface area (Å²) in [6.07, 6.45) is 3.71. The lowest BCUT2D eigenvalue weighted by Crippen LogP contribution is -2.48. The number of aliphatic hydroxyl groups excluding tert-OH is 2. The van der Waals surface area contributed by atoms with Gasteiger partial charge in [0.1, 0.15) is 12.2 Å². The van der Waals surface area contributed by atoms with Gasteiger partial charge in [0.15, 0.2) is 0 Å². The molecule has 0 radical (unpaired) electrons. The van der Waals surface area contributed by atoms with Crippen LogP contribution in [0.1, 0.15) is 66.2 Å². The summed E-state index contributed by atoms with van der Waals surface area (Å²) < 4.78 is 43.5. The van der Waals surface area contributed by atoms with Gasteiger partial charge in [-0.25, -0.2) is 5.32 Å². The SMILES string of the molecule is CC=C1C(CCNC(F)(F)F)C=C(C)CC(C)N1C(C)CCC1CC(N(C)CC2OCC(O)C2O)C1. The Kier molecular flexibility index (Phi) is 10.3. The van der Waals surface area contributed by atoms with E-state index in [2.05, 4.69) is 49.8 Å². The van der Waals surface area contributed by atoms with Crippen molar-refractivity contribution in [3.05, 3.63) is 23.4 Å². The highest BCUT2D eigenvalue weighted by molar-refractivity contribution is 5.21. The normalized spacial score (nSPS) is 35.6. The molecule has 2 heterocycles. The Morgan fingerprint density at radius 2 is 1.97 bits per heavy atom. The van der Waals surface area contributed by atoms with E-state index in [0.717, 1.165) is 37.8 Å². The van der Waals surface area contributed by atoms with Crippen molar-refractivity contribution in [3.8, 4) is 0 Å². The molecule has 6 atom stereocenters. The Morgan fingerprint density at radius 1 is 1.28 bits per heavy atom. The molecule has 3 aliphatic rings. The first-order valence-corrected chi connectivity index (χ1v) is 13.5. The molecule has 3 N–H and O–H groups in total. The number of hydrogen-bond donors (Lipinski definition) is 3. The van der Waals surface area contributed by atoms with Crippen molar-refractivity contribution in [2.45, 2.75) is 109 Å². The molecule has 2 fully saturated rings. The van der Waals surface area contributed by atoms with E-state index in [1.54, 1.807) is 5.32 Å². The molecule has 0 bridgehead atoms. The minimum atomic E-state index is -4.35. The van der Waals surface area contributed by atoms with Gasteiger partial charge >= 0.3 is 6.30 Å². The number of likely N-dealkylation sites (N-methyl/N-ethyl adjacent to an activating group) is 1.